The number of aromatic hydroxyl groups is 1. The molecule has 0 radical (unpaired) electrons. The van der Waals surface area contributed by atoms with E-state index in [9.17, 15) is 29.7 Å². The van der Waals surface area contributed by atoms with Gasteiger partial charge in [0, 0.05) is 46.4 Å². The van der Waals surface area contributed by atoms with Crippen molar-refractivity contribution in [2.24, 2.45) is 5.92 Å². The van der Waals surface area contributed by atoms with Crippen LogP contribution >= 0.6 is 11.3 Å². The Morgan fingerprint density at radius 1 is 0.846 bits per heavy atom. The average molecular weight is 893 g/mol. The molecule has 1 fully saturated rings. The number of carbonyl (C=O) groups excluding carboxylic acids is 2. The van der Waals surface area contributed by atoms with Gasteiger partial charge in [-0.2, -0.15) is 0 Å². The Hall–Kier alpha value is -6.61. The molecule has 2 aromatic heterocycles. The monoisotopic (exact) mass is 892 g/mol. The van der Waals surface area contributed by atoms with E-state index >= 15 is 0 Å². The quantitative estimate of drug-likeness (QED) is 0.0506. The Kier molecular flexibility index (Phi) is 14.2. The number of hydrogen-bond acceptors (Lipinski definition) is 11. The molecular formula is C52H52N4O8S. The maximum Gasteiger partial charge on any atom is 0.347 e. The standard InChI is InChI=1S/C52H52N4O8S/c1-63-46-27-36(29-53-31-45(58)41-18-20-44(57)49-42(41)19-22-48(59)55-49)15-17-43(46)50(60)54-30-40-16-21-47(65-40)37-11-8-14-39(28-37)52(62,38-12-6-3-7-13-38)51(61)64-33-35-23-25-56(26-24-35)32-34-9-4-2-5-10-34/h2-22,27-28,35,45,53,57-58,62H,23-26,29-33H2,1H3,(H,54,60)(H,55,59). The first-order valence-electron chi connectivity index (χ1n) is 21.7. The number of thiophene rings is 1. The van der Waals surface area contributed by atoms with E-state index in [4.69, 9.17) is 9.47 Å². The van der Waals surface area contributed by atoms with Crippen LogP contribution in [0.3, 0.4) is 0 Å². The number of aliphatic hydroxyl groups is 2. The van der Waals surface area contributed by atoms with E-state index < -0.39 is 17.7 Å². The number of piperidine rings is 1. The highest BCUT2D eigenvalue weighted by atomic mass is 32.1. The molecule has 65 heavy (non-hydrogen) atoms. The Morgan fingerprint density at radius 2 is 1.60 bits per heavy atom. The van der Waals surface area contributed by atoms with Crippen molar-refractivity contribution in [3.8, 4) is 21.9 Å². The number of pyridine rings is 1. The predicted octanol–water partition coefficient (Wildman–Crippen LogP) is 7.42. The first-order valence-corrected chi connectivity index (χ1v) is 22.5. The summed E-state index contributed by atoms with van der Waals surface area (Å²) in [6, 6.07) is 41.8. The van der Waals surface area contributed by atoms with E-state index in [1.54, 1.807) is 54.6 Å². The van der Waals surface area contributed by atoms with Crippen LogP contribution in [-0.4, -0.2) is 70.4 Å². The fraction of sp³-hybridized carbons (Fsp3) is 0.250. The molecule has 2 unspecified atom stereocenters. The van der Waals surface area contributed by atoms with Crippen LogP contribution in [-0.2, 0) is 34.8 Å². The third-order valence-electron chi connectivity index (χ3n) is 12.0. The summed E-state index contributed by atoms with van der Waals surface area (Å²) in [4.78, 5) is 46.1. The number of amides is 1. The molecule has 1 aliphatic rings. The van der Waals surface area contributed by atoms with Gasteiger partial charge in [0.25, 0.3) is 5.91 Å². The molecule has 0 spiro atoms. The lowest BCUT2D eigenvalue weighted by Gasteiger charge is -2.33. The summed E-state index contributed by atoms with van der Waals surface area (Å²) in [5.41, 5.74) is 2.56. The smallest absolute Gasteiger partial charge is 0.347 e. The van der Waals surface area contributed by atoms with Crippen molar-refractivity contribution in [1.82, 2.24) is 20.5 Å². The maximum atomic E-state index is 14.0. The van der Waals surface area contributed by atoms with Gasteiger partial charge in [-0.1, -0.05) is 91.0 Å². The fourth-order valence-electron chi connectivity index (χ4n) is 8.37. The van der Waals surface area contributed by atoms with Gasteiger partial charge in [-0.3, -0.25) is 14.5 Å². The van der Waals surface area contributed by atoms with Crippen LogP contribution in [0.2, 0.25) is 0 Å². The summed E-state index contributed by atoms with van der Waals surface area (Å²) >= 11 is 1.50. The van der Waals surface area contributed by atoms with Gasteiger partial charge >= 0.3 is 5.97 Å². The molecule has 5 aromatic carbocycles. The van der Waals surface area contributed by atoms with E-state index in [0.29, 0.717) is 39.9 Å². The van der Waals surface area contributed by atoms with Crippen molar-refractivity contribution >= 4 is 34.1 Å². The zero-order valence-corrected chi connectivity index (χ0v) is 36.9. The van der Waals surface area contributed by atoms with E-state index in [1.807, 2.05) is 48.5 Å². The SMILES string of the molecule is COc1cc(CNCC(O)c2ccc(O)c3[nH]c(=O)ccc23)ccc1C(=O)NCc1ccc(-c2cccc(C(O)(C(=O)OCC3CCN(Cc4ccccc4)CC3)c3ccccc3)c2)s1. The maximum absolute atomic E-state index is 14.0. The van der Waals surface area contributed by atoms with E-state index in [-0.39, 0.29) is 48.3 Å². The third kappa shape index (κ3) is 10.5. The summed E-state index contributed by atoms with van der Waals surface area (Å²) < 4.78 is 11.5. The molecule has 8 rings (SSSR count). The van der Waals surface area contributed by atoms with Crippen LogP contribution in [0.1, 0.15) is 62.0 Å². The summed E-state index contributed by atoms with van der Waals surface area (Å²) in [5, 5.41) is 40.2. The van der Waals surface area contributed by atoms with Crippen molar-refractivity contribution in [2.45, 2.75) is 44.2 Å². The number of nitrogens with one attached hydrogen (secondary N) is 3. The molecule has 1 amide bonds. The van der Waals surface area contributed by atoms with Gasteiger partial charge in [-0.05, 0) is 102 Å². The second-order valence-corrected chi connectivity index (χ2v) is 17.5. The number of rotatable bonds is 17. The summed E-state index contributed by atoms with van der Waals surface area (Å²) in [6.07, 6.45) is 0.884. The Morgan fingerprint density at radius 3 is 2.37 bits per heavy atom. The van der Waals surface area contributed by atoms with E-state index in [1.165, 1.54) is 36.1 Å². The summed E-state index contributed by atoms with van der Waals surface area (Å²) in [7, 11) is 1.50. The highest BCUT2D eigenvalue weighted by Crippen LogP contribution is 2.36. The number of hydrogen-bond donors (Lipinski definition) is 6. The topological polar surface area (TPSA) is 173 Å². The molecule has 334 valence electrons. The number of H-pyrrole nitrogens is 1. The van der Waals surface area contributed by atoms with Crippen LogP contribution < -0.4 is 20.9 Å². The van der Waals surface area contributed by atoms with Crippen molar-refractivity contribution in [1.29, 1.82) is 0 Å². The van der Waals surface area contributed by atoms with E-state index in [0.717, 1.165) is 53.4 Å². The molecule has 6 N–H and O–H groups in total. The minimum atomic E-state index is -2.03. The second-order valence-electron chi connectivity index (χ2n) is 16.4. The normalized spacial score (nSPS) is 14.7. The number of ether oxygens (including phenoxy) is 2. The Balaban J connectivity index is 0.873. The number of fused-ring (bicyclic) bond motifs is 1. The number of phenols is 1. The van der Waals surface area contributed by atoms with Crippen LogP contribution in [0.15, 0.2) is 144 Å². The zero-order chi connectivity index (χ0) is 45.3. The number of phenolic OH excluding ortho intramolecular Hbond substituents is 1. The first-order chi connectivity index (χ1) is 31.6. The van der Waals surface area contributed by atoms with Gasteiger partial charge in [0.05, 0.1) is 37.4 Å². The molecule has 1 aliphatic heterocycles. The van der Waals surface area contributed by atoms with Crippen molar-refractivity contribution in [2.75, 3.05) is 33.4 Å². The Bertz CT molecular complexity index is 2810. The van der Waals surface area contributed by atoms with Crippen molar-refractivity contribution < 1.29 is 34.4 Å². The molecular weight excluding hydrogens is 841 g/mol. The van der Waals surface area contributed by atoms with Crippen LogP contribution in [0.25, 0.3) is 21.3 Å². The number of methoxy groups -OCH3 is 1. The second kappa shape index (κ2) is 20.5. The number of benzene rings is 5. The highest BCUT2D eigenvalue weighted by Gasteiger charge is 2.42. The number of aliphatic hydroxyl groups excluding tert-OH is 1. The molecule has 13 heteroatoms. The molecule has 3 heterocycles. The zero-order valence-electron chi connectivity index (χ0n) is 36.0. The third-order valence-corrected chi connectivity index (χ3v) is 13.1. The number of esters is 1. The van der Waals surface area contributed by atoms with Gasteiger partial charge in [0.15, 0.2) is 0 Å². The largest absolute Gasteiger partial charge is 0.506 e. The number of nitrogens with zero attached hydrogens (tertiary/aromatic N) is 1. The molecule has 7 aromatic rings. The number of aromatic amines is 1. The fourth-order valence-corrected chi connectivity index (χ4v) is 9.31. The lowest BCUT2D eigenvalue weighted by Crippen LogP contribution is -2.40. The van der Waals surface area contributed by atoms with E-state index in [2.05, 4.69) is 44.8 Å². The van der Waals surface area contributed by atoms with Gasteiger partial charge < -0.3 is 40.4 Å². The van der Waals surface area contributed by atoms with Crippen molar-refractivity contribution in [3.05, 3.63) is 188 Å². The van der Waals surface area contributed by atoms with Crippen molar-refractivity contribution in [3.63, 3.8) is 0 Å². The van der Waals surface area contributed by atoms with Gasteiger partial charge in [0.1, 0.15) is 11.5 Å². The molecule has 12 nitrogen and oxygen atoms in total. The van der Waals surface area contributed by atoms with Gasteiger partial charge in [-0.25, -0.2) is 4.79 Å². The van der Waals surface area contributed by atoms with Crippen LogP contribution in [0, 0.1) is 5.92 Å². The first kappa shape index (κ1) is 45.0. The summed E-state index contributed by atoms with van der Waals surface area (Å²) in [5.74, 6) is -0.496. The summed E-state index contributed by atoms with van der Waals surface area (Å²) in [6.45, 7) is 3.79. The molecule has 0 saturated carbocycles. The number of carbonyl (C=O) groups is 2. The predicted molar refractivity (Wildman–Crippen MR) is 252 cm³/mol. The molecule has 0 bridgehead atoms. The number of aromatic nitrogens is 1. The van der Waals surface area contributed by atoms with Crippen LogP contribution in [0.4, 0.5) is 0 Å². The molecule has 1 saturated heterocycles. The Labute approximate surface area is 381 Å². The lowest BCUT2D eigenvalue weighted by molar-refractivity contribution is -0.164. The average Bonchev–Trinajstić information content (AvgIpc) is 3.83. The lowest BCUT2D eigenvalue weighted by atomic mass is 9.85. The van der Waals surface area contributed by atoms with Gasteiger partial charge in [-0.15, -0.1) is 11.3 Å². The number of likely N-dealkylation sites (tertiary alicyclic amines) is 1. The highest BCUT2D eigenvalue weighted by molar-refractivity contribution is 7.15. The minimum Gasteiger partial charge on any atom is -0.506 e. The van der Waals surface area contributed by atoms with Gasteiger partial charge in [0.2, 0.25) is 11.2 Å². The minimum absolute atomic E-state index is 0.0773. The molecule has 2 atom stereocenters. The van der Waals surface area contributed by atoms with Crippen LogP contribution in [0.5, 0.6) is 11.5 Å². The molecule has 0 aliphatic carbocycles.